The number of rotatable bonds is 4. The van der Waals surface area contributed by atoms with Gasteiger partial charge in [-0.1, -0.05) is 6.07 Å². The topological polar surface area (TPSA) is 24.9 Å². The van der Waals surface area contributed by atoms with Crippen molar-refractivity contribution in [1.82, 2.24) is 10.3 Å². The van der Waals surface area contributed by atoms with Crippen LogP contribution in [0.25, 0.3) is 0 Å². The number of pyridine rings is 1. The van der Waals surface area contributed by atoms with Gasteiger partial charge < -0.3 is 5.32 Å². The van der Waals surface area contributed by atoms with Crippen LogP contribution in [0.2, 0.25) is 0 Å². The Morgan fingerprint density at radius 3 is 2.79 bits per heavy atom. The van der Waals surface area contributed by atoms with E-state index in [-0.39, 0.29) is 22.6 Å². The first-order chi connectivity index (χ1) is 9.09. The summed E-state index contributed by atoms with van der Waals surface area (Å²) in [5.41, 5.74) is 1.00. The molecule has 0 saturated carbocycles. The lowest BCUT2D eigenvalue weighted by Gasteiger charge is -2.15. The zero-order valence-corrected chi connectivity index (χ0v) is 11.9. The molecule has 0 fully saturated rings. The second kappa shape index (κ2) is 6.21. The van der Waals surface area contributed by atoms with Gasteiger partial charge in [-0.15, -0.1) is 0 Å². The lowest BCUT2D eigenvalue weighted by atomic mass is 10.1. The zero-order chi connectivity index (χ0) is 13.8. The van der Waals surface area contributed by atoms with E-state index in [4.69, 9.17) is 0 Å². The number of aromatic nitrogens is 1. The maximum atomic E-state index is 13.8. The molecule has 0 amide bonds. The average Bonchev–Trinajstić information content (AvgIpc) is 2.44. The van der Waals surface area contributed by atoms with Crippen LogP contribution in [0, 0.1) is 11.6 Å². The standard InChI is InChI=1S/C14H13BrF2N2/c1-9(10-3-2-6-18-7-10)19-8-11-13(16)5-4-12(15)14(11)17/h2-7,9,19H,8H2,1H3/t9-/m1/s1. The van der Waals surface area contributed by atoms with E-state index in [1.165, 1.54) is 12.1 Å². The molecule has 1 heterocycles. The van der Waals surface area contributed by atoms with Gasteiger partial charge in [0.15, 0.2) is 0 Å². The Hall–Kier alpha value is -1.33. The summed E-state index contributed by atoms with van der Waals surface area (Å²) in [4.78, 5) is 4.01. The van der Waals surface area contributed by atoms with Gasteiger partial charge in [-0.05, 0) is 46.6 Å². The van der Waals surface area contributed by atoms with E-state index < -0.39 is 11.6 Å². The van der Waals surface area contributed by atoms with E-state index in [0.29, 0.717) is 0 Å². The van der Waals surface area contributed by atoms with Crippen molar-refractivity contribution >= 4 is 15.9 Å². The van der Waals surface area contributed by atoms with Gasteiger partial charge in [0.1, 0.15) is 11.6 Å². The summed E-state index contributed by atoms with van der Waals surface area (Å²) < 4.78 is 27.6. The highest BCUT2D eigenvalue weighted by Crippen LogP contribution is 2.22. The minimum atomic E-state index is -0.564. The molecular weight excluding hydrogens is 314 g/mol. The Kier molecular flexibility index (Phi) is 4.61. The molecule has 0 spiro atoms. The fourth-order valence-electron chi connectivity index (χ4n) is 1.74. The lowest BCUT2D eigenvalue weighted by molar-refractivity contribution is 0.506. The fraction of sp³-hybridized carbons (Fsp3) is 0.214. The molecule has 5 heteroatoms. The molecule has 1 atom stereocenters. The maximum absolute atomic E-state index is 13.8. The minimum Gasteiger partial charge on any atom is -0.306 e. The number of benzene rings is 1. The molecule has 1 aromatic carbocycles. The van der Waals surface area contributed by atoms with Crippen LogP contribution >= 0.6 is 15.9 Å². The first kappa shape index (κ1) is 14.1. The molecule has 1 N–H and O–H groups in total. The van der Waals surface area contributed by atoms with Gasteiger partial charge in [-0.25, -0.2) is 8.78 Å². The maximum Gasteiger partial charge on any atom is 0.144 e. The van der Waals surface area contributed by atoms with Crippen molar-refractivity contribution in [2.24, 2.45) is 0 Å². The molecule has 2 aromatic rings. The van der Waals surface area contributed by atoms with Crippen molar-refractivity contribution in [1.29, 1.82) is 0 Å². The second-order valence-corrected chi connectivity index (χ2v) is 5.07. The van der Waals surface area contributed by atoms with Crippen LogP contribution in [-0.2, 0) is 6.54 Å². The van der Waals surface area contributed by atoms with E-state index in [0.717, 1.165) is 5.56 Å². The molecule has 0 bridgehead atoms. The Labute approximate surface area is 119 Å². The molecule has 19 heavy (non-hydrogen) atoms. The molecular formula is C14H13BrF2N2. The van der Waals surface area contributed by atoms with Gasteiger partial charge in [0.2, 0.25) is 0 Å². The third kappa shape index (κ3) is 3.36. The van der Waals surface area contributed by atoms with Crippen LogP contribution < -0.4 is 5.32 Å². The number of nitrogens with zero attached hydrogens (tertiary/aromatic N) is 1. The normalized spacial score (nSPS) is 12.4. The van der Waals surface area contributed by atoms with Gasteiger partial charge in [0, 0.05) is 30.5 Å². The molecule has 0 radical (unpaired) electrons. The van der Waals surface area contributed by atoms with Crippen molar-refractivity contribution < 1.29 is 8.78 Å². The van der Waals surface area contributed by atoms with E-state index in [2.05, 4.69) is 26.2 Å². The smallest absolute Gasteiger partial charge is 0.144 e. The summed E-state index contributed by atoms with van der Waals surface area (Å²) in [7, 11) is 0. The van der Waals surface area contributed by atoms with Gasteiger partial charge in [-0.3, -0.25) is 4.98 Å². The van der Waals surface area contributed by atoms with E-state index >= 15 is 0 Å². The Balaban J connectivity index is 2.09. The third-order valence-corrected chi connectivity index (χ3v) is 3.52. The third-order valence-electron chi connectivity index (χ3n) is 2.91. The minimum absolute atomic E-state index is 0.0325. The van der Waals surface area contributed by atoms with E-state index in [1.54, 1.807) is 12.4 Å². The zero-order valence-electron chi connectivity index (χ0n) is 10.3. The van der Waals surface area contributed by atoms with Crippen molar-refractivity contribution in [3.8, 4) is 0 Å². The summed E-state index contributed by atoms with van der Waals surface area (Å²) >= 11 is 3.05. The monoisotopic (exact) mass is 326 g/mol. The van der Waals surface area contributed by atoms with Crippen molar-refractivity contribution in [3.05, 3.63) is 63.9 Å². The van der Waals surface area contributed by atoms with Gasteiger partial charge in [-0.2, -0.15) is 0 Å². The van der Waals surface area contributed by atoms with Crippen LogP contribution in [0.15, 0.2) is 41.1 Å². The number of hydrogen-bond donors (Lipinski definition) is 1. The Morgan fingerprint density at radius 1 is 1.32 bits per heavy atom. The van der Waals surface area contributed by atoms with Crippen molar-refractivity contribution in [3.63, 3.8) is 0 Å². The van der Waals surface area contributed by atoms with Crippen molar-refractivity contribution in [2.45, 2.75) is 19.5 Å². The highest BCUT2D eigenvalue weighted by Gasteiger charge is 2.13. The fourth-order valence-corrected chi connectivity index (χ4v) is 2.11. The van der Waals surface area contributed by atoms with Crippen LogP contribution in [0.1, 0.15) is 24.1 Å². The SMILES string of the molecule is C[C@@H](NCc1c(F)ccc(Br)c1F)c1cccnc1. The van der Waals surface area contributed by atoms with Crippen LogP contribution in [-0.4, -0.2) is 4.98 Å². The predicted molar refractivity (Wildman–Crippen MR) is 73.5 cm³/mol. The number of halogens is 3. The van der Waals surface area contributed by atoms with Gasteiger partial charge >= 0.3 is 0 Å². The predicted octanol–water partition coefficient (Wildman–Crippen LogP) is 3.97. The van der Waals surface area contributed by atoms with Crippen LogP contribution in [0.5, 0.6) is 0 Å². The second-order valence-electron chi connectivity index (χ2n) is 4.21. The summed E-state index contributed by atoms with van der Waals surface area (Å²) in [6.45, 7) is 2.04. The molecule has 0 unspecified atom stereocenters. The Bertz CT molecular complexity index is 561. The quantitative estimate of drug-likeness (QED) is 0.860. The number of nitrogens with one attached hydrogen (secondary N) is 1. The summed E-state index contributed by atoms with van der Waals surface area (Å²) in [6.07, 6.45) is 3.41. The first-order valence-electron chi connectivity index (χ1n) is 5.85. The number of hydrogen-bond acceptors (Lipinski definition) is 2. The highest BCUT2D eigenvalue weighted by molar-refractivity contribution is 9.10. The van der Waals surface area contributed by atoms with Crippen LogP contribution in [0.3, 0.4) is 0 Å². The summed E-state index contributed by atoms with van der Waals surface area (Å²) in [6, 6.07) is 6.32. The van der Waals surface area contributed by atoms with E-state index in [9.17, 15) is 8.78 Å². The van der Waals surface area contributed by atoms with Gasteiger partial charge in [0.05, 0.1) is 4.47 Å². The molecule has 1 aromatic heterocycles. The van der Waals surface area contributed by atoms with Crippen molar-refractivity contribution in [2.75, 3.05) is 0 Å². The largest absolute Gasteiger partial charge is 0.306 e. The van der Waals surface area contributed by atoms with E-state index in [1.807, 2.05) is 19.1 Å². The molecule has 2 nitrogen and oxygen atoms in total. The highest BCUT2D eigenvalue weighted by atomic mass is 79.9. The summed E-state index contributed by atoms with van der Waals surface area (Å²) in [5.74, 6) is -1.11. The Morgan fingerprint density at radius 2 is 2.11 bits per heavy atom. The lowest BCUT2D eigenvalue weighted by Crippen LogP contribution is -2.20. The average molecular weight is 327 g/mol. The molecule has 100 valence electrons. The molecule has 0 saturated heterocycles. The first-order valence-corrected chi connectivity index (χ1v) is 6.64. The summed E-state index contributed by atoms with van der Waals surface area (Å²) in [5, 5.41) is 3.08. The molecule has 2 rings (SSSR count). The molecule has 0 aliphatic rings. The van der Waals surface area contributed by atoms with Crippen LogP contribution in [0.4, 0.5) is 8.78 Å². The molecule has 0 aliphatic carbocycles. The van der Waals surface area contributed by atoms with Gasteiger partial charge in [0.25, 0.3) is 0 Å². The molecule has 0 aliphatic heterocycles.